The van der Waals surface area contributed by atoms with E-state index < -0.39 is 91.4 Å². The molecule has 123 heavy (non-hydrogen) atoms. The number of nitrogens with one attached hydrogen (secondary N) is 9. The van der Waals surface area contributed by atoms with Crippen molar-refractivity contribution in [2.24, 2.45) is 33.9 Å². The maximum Gasteiger partial charge on any atom is 0.345 e. The predicted octanol–water partition coefficient (Wildman–Crippen LogP) is 5.68. The first-order valence-corrected chi connectivity index (χ1v) is 40.5. The number of hydrogen-bond donors (Lipinski definition) is 18. The standard InChI is InChI=1S/C24H28N4O5.C22H26N4O5.C21H24N4O5.C20H22N4O5/c1-27-15(13-25-5-8-28-6-2-3-7-28)10-14-11-17-19(12-18(14)27)33-9-4-16-21(17)26-23(30)20(22(16)29)24(31)32;1-25(2)6-5-23-11-13-8-12-9-15-17(10-16(12)26(13)3)31-7-4-14-19(15)24-21(28)18(20(14)27)22(29)30;1-22-4-5-23-10-12-7-11-8-14-16(9-15(11)25(12)2)30-6-3-13-18(14)24-20(27)17(19(13)26)21(28)29;1-24-11(9-22-4-3-21)6-10-7-13-15(8-14(10)24)29-5-2-12-17(13)23-19(26)16(18(12)25)20(27)28/h10-12,25H,2-9,13H2,1H3,(H,31,32)(H2,26,29,30);8-10,23H,4-7,11H2,1-3H3,(H,29,30)(H2,24,27,28);7-9,22-23H,3-6,10H2,1-2H3,(H,28,29)(H2,24,26,27);6-8,22H,2-5,9,21H2,1H3,(H,27,28)(H2,23,25,26). The third kappa shape index (κ3) is 17.4. The van der Waals surface area contributed by atoms with Crippen molar-refractivity contribution in [2.45, 2.75) is 64.7 Å². The molecule has 4 aromatic carbocycles. The predicted molar refractivity (Wildman–Crippen MR) is 461 cm³/mol. The van der Waals surface area contributed by atoms with Crippen molar-refractivity contribution in [3.05, 3.63) is 181 Å². The van der Waals surface area contributed by atoms with Crippen LogP contribution in [0.15, 0.2) is 92.0 Å². The van der Waals surface area contributed by atoms with Crippen LogP contribution < -0.4 is 73.5 Å². The zero-order valence-corrected chi connectivity index (χ0v) is 69.1. The number of aromatic nitrogens is 8. The number of aromatic hydroxyl groups is 4. The van der Waals surface area contributed by atoms with Crippen LogP contribution in [0, 0.1) is 0 Å². The molecule has 12 aromatic rings. The first-order valence-electron chi connectivity index (χ1n) is 40.5. The summed E-state index contributed by atoms with van der Waals surface area (Å²) in [5.41, 5.74) is 13.5. The number of likely N-dealkylation sites (tertiary alicyclic amines) is 1. The number of ether oxygens (including phenoxy) is 4. The van der Waals surface area contributed by atoms with Gasteiger partial charge in [-0.15, -0.1) is 0 Å². The van der Waals surface area contributed by atoms with Gasteiger partial charge in [0.2, 0.25) is 0 Å². The Morgan fingerprint density at radius 3 is 0.951 bits per heavy atom. The van der Waals surface area contributed by atoms with E-state index in [1.54, 1.807) is 0 Å². The van der Waals surface area contributed by atoms with Crippen LogP contribution in [0.5, 0.6) is 46.0 Å². The summed E-state index contributed by atoms with van der Waals surface area (Å²) in [7, 11) is 13.9. The molecule has 0 spiro atoms. The lowest BCUT2D eigenvalue weighted by Gasteiger charge is -2.15. The highest BCUT2D eigenvalue weighted by atomic mass is 16.5. The second kappa shape index (κ2) is 36.6. The number of H-pyrrole nitrogens is 4. The largest absolute Gasteiger partial charge is 0.506 e. The molecule has 0 amide bonds. The van der Waals surface area contributed by atoms with Crippen LogP contribution in [0.1, 0.15) is 99.3 Å². The lowest BCUT2D eigenvalue weighted by atomic mass is 9.99. The molecule has 17 rings (SSSR count). The molecular weight excluding hydrogens is 1590 g/mol. The van der Waals surface area contributed by atoms with E-state index in [0.29, 0.717) is 123 Å². The number of carbonyl (C=O) groups is 4. The molecule has 36 nitrogen and oxygen atoms in total. The number of rotatable bonds is 23. The molecule has 19 N–H and O–H groups in total. The van der Waals surface area contributed by atoms with Crippen LogP contribution in [0.3, 0.4) is 0 Å². The van der Waals surface area contributed by atoms with E-state index in [0.717, 1.165) is 112 Å². The fraction of sp³-hybridized carbons (Fsp3) is 0.356. The Morgan fingerprint density at radius 1 is 0.407 bits per heavy atom. The van der Waals surface area contributed by atoms with E-state index in [1.165, 1.54) is 25.9 Å². The van der Waals surface area contributed by atoms with Crippen LogP contribution in [-0.4, -0.2) is 226 Å². The smallest absolute Gasteiger partial charge is 0.345 e. The van der Waals surface area contributed by atoms with Crippen LogP contribution in [-0.2, 0) is 80.1 Å². The minimum atomic E-state index is -1.47. The van der Waals surface area contributed by atoms with Crippen LogP contribution in [0.25, 0.3) is 88.6 Å². The summed E-state index contributed by atoms with van der Waals surface area (Å²) in [6.07, 6.45) is 3.71. The summed E-state index contributed by atoms with van der Waals surface area (Å²) in [5.74, 6) is -5.53. The van der Waals surface area contributed by atoms with Gasteiger partial charge < -0.3 is 140 Å². The quantitative estimate of drug-likeness (QED) is 0.0342. The Kier molecular flexibility index (Phi) is 25.7. The molecule has 0 radical (unpaired) electrons. The van der Waals surface area contributed by atoms with E-state index in [-0.39, 0.29) is 52.1 Å². The maximum absolute atomic E-state index is 12.4. The van der Waals surface area contributed by atoms with Gasteiger partial charge in [-0.25, -0.2) is 19.2 Å². The van der Waals surface area contributed by atoms with Gasteiger partial charge in [-0.05, 0) is 95.6 Å². The van der Waals surface area contributed by atoms with Gasteiger partial charge in [-0.2, -0.15) is 0 Å². The van der Waals surface area contributed by atoms with E-state index >= 15 is 0 Å². The summed E-state index contributed by atoms with van der Waals surface area (Å²) >= 11 is 0. The monoisotopic (exact) mass is 1690 g/mol. The van der Waals surface area contributed by atoms with E-state index in [4.69, 9.17) is 24.7 Å². The van der Waals surface area contributed by atoms with Gasteiger partial charge in [0.15, 0.2) is 22.3 Å². The van der Waals surface area contributed by atoms with Gasteiger partial charge in [0.05, 0.1) is 71.3 Å². The summed E-state index contributed by atoms with van der Waals surface area (Å²) < 4.78 is 32.0. The molecule has 5 aliphatic heterocycles. The lowest BCUT2D eigenvalue weighted by Crippen LogP contribution is -2.30. The number of carboxylic acid groups (broad SMARTS) is 4. The second-order valence-corrected chi connectivity index (χ2v) is 31.1. The Balaban J connectivity index is 0.000000134. The lowest BCUT2D eigenvalue weighted by molar-refractivity contribution is 0.0680. The fourth-order valence-electron chi connectivity index (χ4n) is 16.6. The molecule has 8 aromatic heterocycles. The topological polar surface area (TPSA) is 511 Å². The molecule has 1 saturated heterocycles. The number of fused-ring (bicyclic) bond motifs is 16. The Labute approximate surface area is 702 Å². The van der Waals surface area contributed by atoms with Crippen LogP contribution in [0.2, 0.25) is 0 Å². The number of aromatic carboxylic acids is 4. The van der Waals surface area contributed by atoms with Crippen molar-refractivity contribution in [1.82, 2.24) is 74.6 Å². The van der Waals surface area contributed by atoms with E-state index in [9.17, 15) is 79.2 Å². The number of benzene rings is 4. The van der Waals surface area contributed by atoms with Crippen molar-refractivity contribution < 1.29 is 79.0 Å². The van der Waals surface area contributed by atoms with Crippen molar-refractivity contribution in [2.75, 3.05) is 113 Å². The first-order chi connectivity index (χ1) is 59.0. The molecular formula is C87H100N16O20. The average molecular weight is 1690 g/mol. The van der Waals surface area contributed by atoms with Crippen molar-refractivity contribution >= 4 is 67.5 Å². The van der Waals surface area contributed by atoms with Crippen LogP contribution in [0.4, 0.5) is 0 Å². The number of aryl methyl sites for hydroxylation is 4. The van der Waals surface area contributed by atoms with Gasteiger partial charge >= 0.3 is 23.9 Å². The van der Waals surface area contributed by atoms with E-state index in [1.807, 2.05) is 104 Å². The number of carboxylic acids is 4. The molecule has 36 heteroatoms. The van der Waals surface area contributed by atoms with Crippen molar-refractivity contribution in [1.29, 1.82) is 0 Å². The average Bonchev–Trinajstić information content (AvgIpc) is 1.66. The molecule has 1 fully saturated rings. The number of aromatic amines is 4. The Morgan fingerprint density at radius 2 is 0.683 bits per heavy atom. The van der Waals surface area contributed by atoms with Gasteiger partial charge in [-0.1, -0.05) is 0 Å². The normalized spacial score (nSPS) is 13.7. The Hall–Kier alpha value is -13.2. The third-order valence-corrected chi connectivity index (χ3v) is 23.1. The second-order valence-electron chi connectivity index (χ2n) is 31.1. The zero-order valence-electron chi connectivity index (χ0n) is 69.1. The zero-order chi connectivity index (χ0) is 87.5. The van der Waals surface area contributed by atoms with Crippen molar-refractivity contribution in [3.63, 3.8) is 0 Å². The number of pyridine rings is 4. The first kappa shape index (κ1) is 86.2. The fourth-order valence-corrected chi connectivity index (χ4v) is 16.6. The summed E-state index contributed by atoms with van der Waals surface area (Å²) in [6.45, 7) is 13.0. The number of nitrogens with zero attached hydrogens (tertiary/aromatic N) is 6. The minimum Gasteiger partial charge on any atom is -0.506 e. The Bertz CT molecular complexity index is 6410. The molecule has 0 aliphatic carbocycles. The highest BCUT2D eigenvalue weighted by Crippen LogP contribution is 2.46. The summed E-state index contributed by atoms with van der Waals surface area (Å²) in [5, 5.41) is 99.6. The summed E-state index contributed by atoms with van der Waals surface area (Å²) in [6, 6.07) is 23.6. The van der Waals surface area contributed by atoms with Crippen LogP contribution >= 0.6 is 0 Å². The number of likely N-dealkylation sites (N-methyl/N-ethyl adjacent to an activating group) is 2. The minimum absolute atomic E-state index is 0.250. The van der Waals surface area contributed by atoms with Crippen molar-refractivity contribution in [3.8, 4) is 91.0 Å². The molecule has 0 unspecified atom stereocenters. The number of hydrogen-bond acceptors (Lipinski definition) is 24. The number of nitrogens with two attached hydrogens (primary N) is 1. The highest BCUT2D eigenvalue weighted by molar-refractivity contribution is 5.99. The van der Waals surface area contributed by atoms with Gasteiger partial charge in [0, 0.05) is 246 Å². The SMILES string of the molecule is CN(C)CCNCc1cc2cc3c(cc2n1C)OCCc1c-3[nH]c(=O)c(C(=O)O)c1O.CNCCNCc1cc2cc3c(cc2n1C)OCCc1c-3[nH]c(=O)c(C(=O)O)c1O.Cn1c(CNCCN)cc2cc3c(cc21)OCCc1c-3[nH]c(=O)c(C(=O)O)c1O.Cn1c(CNCCN2CCCC2)cc2cc3c(cc21)OCCc1c-3[nH]c(=O)c(C(=O)O)c1O. The summed E-state index contributed by atoms with van der Waals surface area (Å²) in [4.78, 5) is 110. The maximum atomic E-state index is 12.4. The molecule has 0 bridgehead atoms. The highest BCUT2D eigenvalue weighted by Gasteiger charge is 2.33. The van der Waals surface area contributed by atoms with Gasteiger partial charge in [-0.3, -0.25) is 19.2 Å². The van der Waals surface area contributed by atoms with Gasteiger partial charge in [0.1, 0.15) is 46.0 Å². The molecule has 0 atom stereocenters. The molecule has 13 heterocycles. The van der Waals surface area contributed by atoms with E-state index in [2.05, 4.69) is 92.8 Å². The molecule has 5 aliphatic rings. The molecule has 648 valence electrons. The van der Waals surface area contributed by atoms with Gasteiger partial charge in [0.25, 0.3) is 22.2 Å². The molecule has 0 saturated carbocycles. The third-order valence-electron chi connectivity index (χ3n) is 23.1.